The molecular weight excluding hydrogens is 327 g/mol. The van der Waals surface area contributed by atoms with Crippen molar-refractivity contribution in [1.29, 1.82) is 0 Å². The third-order valence-corrected chi connectivity index (χ3v) is 4.11. The molecule has 0 saturated carbocycles. The van der Waals surface area contributed by atoms with E-state index in [1.165, 1.54) is 0 Å². The van der Waals surface area contributed by atoms with Crippen molar-refractivity contribution in [2.75, 3.05) is 18.4 Å². The van der Waals surface area contributed by atoms with Crippen molar-refractivity contribution in [2.24, 2.45) is 0 Å². The standard InChI is InChI=1S/C15H19ClN2O3.ClH/c1-10-5-6-11(8-12(10)16)17-14(19)9-18-7-3-2-4-13(18)15(20)21;/h5-6,8,13H,2-4,7,9H2,1H3,(H,17,19)(H,20,21);1H. The first kappa shape index (κ1) is 18.7. The Labute approximate surface area is 141 Å². The number of carbonyl (C=O) groups excluding carboxylic acids is 1. The molecule has 1 aromatic rings. The van der Waals surface area contributed by atoms with E-state index in [4.69, 9.17) is 11.6 Å². The van der Waals surface area contributed by atoms with Gasteiger partial charge in [0.05, 0.1) is 6.54 Å². The number of carboxylic acid groups (broad SMARTS) is 1. The number of anilines is 1. The van der Waals surface area contributed by atoms with E-state index in [2.05, 4.69) is 5.32 Å². The zero-order chi connectivity index (χ0) is 15.4. The lowest BCUT2D eigenvalue weighted by molar-refractivity contribution is -0.145. The van der Waals surface area contributed by atoms with Crippen LogP contribution in [0.3, 0.4) is 0 Å². The average molecular weight is 347 g/mol. The van der Waals surface area contributed by atoms with Gasteiger partial charge < -0.3 is 10.4 Å². The van der Waals surface area contributed by atoms with Crippen LogP contribution in [0.1, 0.15) is 24.8 Å². The third kappa shape index (κ3) is 4.87. The van der Waals surface area contributed by atoms with Crippen LogP contribution >= 0.6 is 24.0 Å². The van der Waals surface area contributed by atoms with Crippen molar-refractivity contribution in [3.05, 3.63) is 28.8 Å². The highest BCUT2D eigenvalue weighted by Crippen LogP contribution is 2.21. The number of benzene rings is 1. The van der Waals surface area contributed by atoms with E-state index in [-0.39, 0.29) is 24.9 Å². The van der Waals surface area contributed by atoms with Crippen LogP contribution in [0.5, 0.6) is 0 Å². The van der Waals surface area contributed by atoms with Gasteiger partial charge in [-0.05, 0) is 44.0 Å². The average Bonchev–Trinajstić information content (AvgIpc) is 2.43. The Morgan fingerprint density at radius 3 is 2.77 bits per heavy atom. The first-order chi connectivity index (χ1) is 9.97. The molecule has 1 heterocycles. The van der Waals surface area contributed by atoms with E-state index in [0.717, 1.165) is 18.4 Å². The Kier molecular flexibility index (Phi) is 7.13. The molecule has 0 spiro atoms. The number of aryl methyl sites for hydroxylation is 1. The second-order valence-corrected chi connectivity index (χ2v) is 5.74. The summed E-state index contributed by atoms with van der Waals surface area (Å²) in [7, 11) is 0. The van der Waals surface area contributed by atoms with Gasteiger partial charge >= 0.3 is 5.97 Å². The lowest BCUT2D eigenvalue weighted by Gasteiger charge is -2.32. The molecule has 1 atom stereocenters. The van der Waals surface area contributed by atoms with E-state index in [1.807, 2.05) is 13.0 Å². The molecule has 5 nitrogen and oxygen atoms in total. The predicted molar refractivity (Wildman–Crippen MR) is 88.9 cm³/mol. The molecule has 1 aliphatic rings. The largest absolute Gasteiger partial charge is 0.480 e. The summed E-state index contributed by atoms with van der Waals surface area (Å²) in [5, 5.41) is 12.5. The predicted octanol–water partition coefficient (Wildman–Crippen LogP) is 2.95. The highest BCUT2D eigenvalue weighted by atomic mass is 35.5. The smallest absolute Gasteiger partial charge is 0.320 e. The van der Waals surface area contributed by atoms with Gasteiger partial charge in [0.15, 0.2) is 0 Å². The molecule has 1 unspecified atom stereocenters. The van der Waals surface area contributed by atoms with E-state index in [9.17, 15) is 14.7 Å². The number of carboxylic acids is 1. The number of rotatable bonds is 4. The van der Waals surface area contributed by atoms with Gasteiger partial charge in [-0.3, -0.25) is 14.5 Å². The zero-order valence-corrected chi connectivity index (χ0v) is 13.9. The molecule has 1 aliphatic heterocycles. The summed E-state index contributed by atoms with van der Waals surface area (Å²) in [6.07, 6.45) is 2.41. The quantitative estimate of drug-likeness (QED) is 0.879. The van der Waals surface area contributed by atoms with Crippen LogP contribution in [0.15, 0.2) is 18.2 Å². The third-order valence-electron chi connectivity index (χ3n) is 3.70. The monoisotopic (exact) mass is 346 g/mol. The van der Waals surface area contributed by atoms with Gasteiger partial charge in [-0.25, -0.2) is 0 Å². The fourth-order valence-electron chi connectivity index (χ4n) is 2.52. The number of aliphatic carboxylic acids is 1. The summed E-state index contributed by atoms with van der Waals surface area (Å²) in [4.78, 5) is 25.0. The summed E-state index contributed by atoms with van der Waals surface area (Å²) in [5.74, 6) is -1.08. The molecule has 2 N–H and O–H groups in total. The number of carbonyl (C=O) groups is 2. The van der Waals surface area contributed by atoms with Crippen molar-refractivity contribution in [3.63, 3.8) is 0 Å². The van der Waals surface area contributed by atoms with Crippen LogP contribution in [0.4, 0.5) is 5.69 Å². The number of likely N-dealkylation sites (tertiary alicyclic amines) is 1. The second kappa shape index (κ2) is 8.36. The van der Waals surface area contributed by atoms with Gasteiger partial charge in [0.1, 0.15) is 6.04 Å². The zero-order valence-electron chi connectivity index (χ0n) is 12.3. The van der Waals surface area contributed by atoms with E-state index in [1.54, 1.807) is 17.0 Å². The SMILES string of the molecule is Cc1ccc(NC(=O)CN2CCCCC2C(=O)O)cc1Cl.Cl. The number of hydrogen-bond donors (Lipinski definition) is 2. The minimum atomic E-state index is -0.860. The number of amides is 1. The summed E-state index contributed by atoms with van der Waals surface area (Å²) in [6.45, 7) is 2.61. The first-order valence-electron chi connectivity index (χ1n) is 7.00. The fraction of sp³-hybridized carbons (Fsp3) is 0.467. The minimum Gasteiger partial charge on any atom is -0.480 e. The molecule has 1 fully saturated rings. The van der Waals surface area contributed by atoms with Gasteiger partial charge in [0, 0.05) is 10.7 Å². The molecule has 7 heteroatoms. The Morgan fingerprint density at radius 2 is 2.14 bits per heavy atom. The van der Waals surface area contributed by atoms with Crippen molar-refractivity contribution < 1.29 is 14.7 Å². The van der Waals surface area contributed by atoms with Crippen LogP contribution < -0.4 is 5.32 Å². The number of halogens is 2. The maximum absolute atomic E-state index is 12.1. The van der Waals surface area contributed by atoms with Gasteiger partial charge in [-0.2, -0.15) is 0 Å². The summed E-state index contributed by atoms with van der Waals surface area (Å²) >= 11 is 6.01. The van der Waals surface area contributed by atoms with Crippen molar-refractivity contribution >= 4 is 41.6 Å². The lowest BCUT2D eigenvalue weighted by Crippen LogP contribution is -2.47. The molecule has 0 bridgehead atoms. The molecule has 1 aromatic carbocycles. The molecular formula is C15H20Cl2N2O3. The highest BCUT2D eigenvalue weighted by Gasteiger charge is 2.29. The van der Waals surface area contributed by atoms with Crippen molar-refractivity contribution in [2.45, 2.75) is 32.2 Å². The summed E-state index contributed by atoms with van der Waals surface area (Å²) < 4.78 is 0. The topological polar surface area (TPSA) is 69.6 Å². The Bertz CT molecular complexity index is 552. The molecule has 0 radical (unpaired) electrons. The van der Waals surface area contributed by atoms with Crippen molar-refractivity contribution in [3.8, 4) is 0 Å². The maximum Gasteiger partial charge on any atom is 0.320 e. The number of hydrogen-bond acceptors (Lipinski definition) is 3. The van der Waals surface area contributed by atoms with Crippen LogP contribution in [-0.2, 0) is 9.59 Å². The molecule has 1 amide bonds. The van der Waals surface area contributed by atoms with Crippen LogP contribution in [0, 0.1) is 6.92 Å². The number of nitrogens with one attached hydrogen (secondary N) is 1. The highest BCUT2D eigenvalue weighted by molar-refractivity contribution is 6.31. The lowest BCUT2D eigenvalue weighted by atomic mass is 10.0. The molecule has 122 valence electrons. The van der Waals surface area contributed by atoms with Gasteiger partial charge in [-0.15, -0.1) is 12.4 Å². The van der Waals surface area contributed by atoms with Gasteiger partial charge in [0.2, 0.25) is 5.91 Å². The van der Waals surface area contributed by atoms with E-state index < -0.39 is 12.0 Å². The fourth-order valence-corrected chi connectivity index (χ4v) is 2.70. The van der Waals surface area contributed by atoms with Crippen LogP contribution in [0.2, 0.25) is 5.02 Å². The Hall–Kier alpha value is -1.30. The second-order valence-electron chi connectivity index (χ2n) is 5.33. The molecule has 2 rings (SSSR count). The molecule has 22 heavy (non-hydrogen) atoms. The normalized spacial score (nSPS) is 18.4. The van der Waals surface area contributed by atoms with Crippen molar-refractivity contribution in [1.82, 2.24) is 4.90 Å². The minimum absolute atomic E-state index is 0. The summed E-state index contributed by atoms with van der Waals surface area (Å²) in [5.41, 5.74) is 1.57. The Balaban J connectivity index is 0.00000242. The van der Waals surface area contributed by atoms with Crippen LogP contribution in [-0.4, -0.2) is 41.0 Å². The number of nitrogens with zero attached hydrogens (tertiary/aromatic N) is 1. The molecule has 1 saturated heterocycles. The summed E-state index contributed by atoms with van der Waals surface area (Å²) in [6, 6.07) is 4.74. The molecule has 0 aliphatic carbocycles. The molecule has 0 aromatic heterocycles. The van der Waals surface area contributed by atoms with Gasteiger partial charge in [0.25, 0.3) is 0 Å². The van der Waals surface area contributed by atoms with E-state index in [0.29, 0.717) is 23.7 Å². The maximum atomic E-state index is 12.1. The first-order valence-corrected chi connectivity index (χ1v) is 7.38. The van der Waals surface area contributed by atoms with Gasteiger partial charge in [-0.1, -0.05) is 24.1 Å². The van der Waals surface area contributed by atoms with Crippen LogP contribution in [0.25, 0.3) is 0 Å². The van der Waals surface area contributed by atoms with E-state index >= 15 is 0 Å². The number of piperidine rings is 1. The Morgan fingerprint density at radius 1 is 1.41 bits per heavy atom.